The van der Waals surface area contributed by atoms with Crippen molar-refractivity contribution in [2.75, 3.05) is 18.8 Å². The highest BCUT2D eigenvalue weighted by molar-refractivity contribution is 7.91. The Balaban J connectivity index is 1.52. The largest absolute Gasteiger partial charge is 0.361 e. The number of hydrogen-bond acceptors (Lipinski definition) is 5. The van der Waals surface area contributed by atoms with Crippen LogP contribution in [-0.2, 0) is 26.8 Å². The molecule has 0 N–H and O–H groups in total. The molecular formula is C20H26N2O4S. The van der Waals surface area contributed by atoms with Gasteiger partial charge in [0, 0.05) is 18.7 Å². The van der Waals surface area contributed by atoms with Gasteiger partial charge in [-0.05, 0) is 44.6 Å². The van der Waals surface area contributed by atoms with Crippen LogP contribution in [0.15, 0.2) is 34.9 Å². The van der Waals surface area contributed by atoms with Gasteiger partial charge in [0.25, 0.3) is 0 Å². The highest BCUT2D eigenvalue weighted by Crippen LogP contribution is 2.22. The van der Waals surface area contributed by atoms with Crippen LogP contribution in [-0.4, -0.2) is 43.2 Å². The first-order valence-corrected chi connectivity index (χ1v) is 11.1. The molecule has 0 radical (unpaired) electrons. The summed E-state index contributed by atoms with van der Waals surface area (Å²) in [5, 5.41) is 3.78. The van der Waals surface area contributed by atoms with Gasteiger partial charge in [-0.3, -0.25) is 4.79 Å². The summed E-state index contributed by atoms with van der Waals surface area (Å²) in [6, 6.07) is 10.3. The van der Waals surface area contributed by atoms with Crippen LogP contribution in [0.25, 0.3) is 0 Å². The van der Waals surface area contributed by atoms with E-state index in [1.165, 1.54) is 5.56 Å². The van der Waals surface area contributed by atoms with Crippen molar-refractivity contribution in [3.8, 4) is 0 Å². The van der Waals surface area contributed by atoms with E-state index in [4.69, 9.17) is 4.52 Å². The third-order valence-electron chi connectivity index (χ3n) is 5.22. The van der Waals surface area contributed by atoms with E-state index in [0.717, 1.165) is 19.3 Å². The molecule has 1 aromatic heterocycles. The van der Waals surface area contributed by atoms with E-state index in [2.05, 4.69) is 17.3 Å². The standard InChI is InChI=1S/C20H26N2O4S/c1-15-19(16(2)26-21-15)13-27(24,25)14-20(23)22-10-8-18(9-11-22)12-17-6-4-3-5-7-17/h3-7,18H,8-14H2,1-2H3. The lowest BCUT2D eigenvalue weighted by Crippen LogP contribution is -2.41. The summed E-state index contributed by atoms with van der Waals surface area (Å²) in [6.07, 6.45) is 2.82. The van der Waals surface area contributed by atoms with Gasteiger partial charge in [-0.25, -0.2) is 8.42 Å². The summed E-state index contributed by atoms with van der Waals surface area (Å²) >= 11 is 0. The molecule has 0 bridgehead atoms. The topological polar surface area (TPSA) is 80.5 Å². The lowest BCUT2D eigenvalue weighted by Gasteiger charge is -2.32. The Hall–Kier alpha value is -2.15. The molecule has 146 valence electrons. The third kappa shape index (κ3) is 5.19. The van der Waals surface area contributed by atoms with E-state index in [-0.39, 0.29) is 11.7 Å². The number of benzene rings is 1. The van der Waals surface area contributed by atoms with Gasteiger partial charge >= 0.3 is 0 Å². The summed E-state index contributed by atoms with van der Waals surface area (Å²) < 4.78 is 29.9. The van der Waals surface area contributed by atoms with Crippen molar-refractivity contribution < 1.29 is 17.7 Å². The number of carbonyl (C=O) groups is 1. The van der Waals surface area contributed by atoms with E-state index in [0.29, 0.717) is 36.0 Å². The smallest absolute Gasteiger partial charge is 0.237 e. The Morgan fingerprint density at radius 2 is 1.85 bits per heavy atom. The van der Waals surface area contributed by atoms with E-state index in [1.54, 1.807) is 18.7 Å². The number of rotatable bonds is 6. The van der Waals surface area contributed by atoms with Gasteiger partial charge in [-0.15, -0.1) is 0 Å². The average molecular weight is 391 g/mol. The van der Waals surface area contributed by atoms with Crippen LogP contribution in [0.5, 0.6) is 0 Å². The first-order chi connectivity index (χ1) is 12.8. The van der Waals surface area contributed by atoms with Crippen LogP contribution in [0.2, 0.25) is 0 Å². The molecule has 1 aliphatic heterocycles. The number of hydrogen-bond donors (Lipinski definition) is 0. The zero-order valence-corrected chi connectivity index (χ0v) is 16.7. The molecule has 7 heteroatoms. The van der Waals surface area contributed by atoms with Crippen molar-refractivity contribution in [2.24, 2.45) is 5.92 Å². The van der Waals surface area contributed by atoms with E-state index < -0.39 is 15.6 Å². The molecule has 0 atom stereocenters. The molecule has 1 aromatic carbocycles. The fraction of sp³-hybridized carbons (Fsp3) is 0.500. The minimum Gasteiger partial charge on any atom is -0.361 e. The van der Waals surface area contributed by atoms with Gasteiger partial charge < -0.3 is 9.42 Å². The maximum atomic E-state index is 12.5. The molecule has 0 unspecified atom stereocenters. The Kier molecular flexibility index (Phi) is 5.99. The second kappa shape index (κ2) is 8.25. The minimum absolute atomic E-state index is 0.204. The molecule has 6 nitrogen and oxygen atoms in total. The van der Waals surface area contributed by atoms with E-state index in [1.807, 2.05) is 18.2 Å². The van der Waals surface area contributed by atoms with Crippen molar-refractivity contribution in [3.05, 3.63) is 52.9 Å². The second-order valence-electron chi connectivity index (χ2n) is 7.35. The summed E-state index contributed by atoms with van der Waals surface area (Å²) in [5.41, 5.74) is 2.43. The molecule has 0 saturated carbocycles. The van der Waals surface area contributed by atoms with E-state index >= 15 is 0 Å². The third-order valence-corrected chi connectivity index (χ3v) is 6.64. The zero-order chi connectivity index (χ0) is 19.4. The normalized spacial score (nSPS) is 15.9. The molecule has 27 heavy (non-hydrogen) atoms. The SMILES string of the molecule is Cc1noc(C)c1CS(=O)(=O)CC(=O)N1CCC(Cc2ccccc2)CC1. The van der Waals surface area contributed by atoms with Crippen molar-refractivity contribution in [1.82, 2.24) is 10.1 Å². The maximum absolute atomic E-state index is 12.5. The molecule has 0 spiro atoms. The molecule has 1 saturated heterocycles. The van der Waals surface area contributed by atoms with Crippen LogP contribution in [0, 0.1) is 19.8 Å². The number of likely N-dealkylation sites (tertiary alicyclic amines) is 1. The first kappa shape index (κ1) is 19.6. The second-order valence-corrected chi connectivity index (χ2v) is 9.41. The van der Waals surface area contributed by atoms with Crippen LogP contribution in [0.1, 0.15) is 35.4 Å². The Labute approximate surface area is 160 Å². The number of aryl methyl sites for hydroxylation is 2. The number of carbonyl (C=O) groups excluding carboxylic acids is 1. The number of nitrogens with zero attached hydrogens (tertiary/aromatic N) is 2. The summed E-state index contributed by atoms with van der Waals surface area (Å²) in [7, 11) is -3.55. The minimum atomic E-state index is -3.55. The van der Waals surface area contributed by atoms with Crippen LogP contribution >= 0.6 is 0 Å². The predicted molar refractivity (Wildman–Crippen MR) is 103 cm³/mol. The number of aromatic nitrogens is 1. The lowest BCUT2D eigenvalue weighted by atomic mass is 9.90. The summed E-state index contributed by atoms with van der Waals surface area (Å²) in [6.45, 7) is 4.64. The quantitative estimate of drug-likeness (QED) is 0.758. The van der Waals surface area contributed by atoms with Gasteiger partial charge in [0.15, 0.2) is 9.84 Å². The fourth-order valence-corrected chi connectivity index (χ4v) is 5.11. The molecule has 1 fully saturated rings. The summed E-state index contributed by atoms with van der Waals surface area (Å²) in [4.78, 5) is 14.2. The number of amides is 1. The number of piperidine rings is 1. The van der Waals surface area contributed by atoms with Crippen molar-refractivity contribution >= 4 is 15.7 Å². The van der Waals surface area contributed by atoms with Crippen molar-refractivity contribution in [3.63, 3.8) is 0 Å². The molecular weight excluding hydrogens is 364 g/mol. The predicted octanol–water partition coefficient (Wildman–Crippen LogP) is 2.69. The zero-order valence-electron chi connectivity index (χ0n) is 15.8. The van der Waals surface area contributed by atoms with Crippen molar-refractivity contribution in [1.29, 1.82) is 0 Å². The number of sulfone groups is 1. The highest BCUT2D eigenvalue weighted by atomic mass is 32.2. The lowest BCUT2D eigenvalue weighted by molar-refractivity contribution is -0.129. The Morgan fingerprint density at radius 1 is 1.19 bits per heavy atom. The molecule has 1 aliphatic rings. The van der Waals surface area contributed by atoms with Gasteiger partial charge in [-0.1, -0.05) is 35.5 Å². The van der Waals surface area contributed by atoms with Gasteiger partial charge in [0.1, 0.15) is 11.5 Å². The molecule has 2 heterocycles. The van der Waals surface area contributed by atoms with Gasteiger partial charge in [-0.2, -0.15) is 0 Å². The van der Waals surface area contributed by atoms with E-state index in [9.17, 15) is 13.2 Å². The van der Waals surface area contributed by atoms with Gasteiger partial charge in [0.05, 0.1) is 11.4 Å². The maximum Gasteiger partial charge on any atom is 0.237 e. The Morgan fingerprint density at radius 3 is 2.44 bits per heavy atom. The molecule has 1 amide bonds. The molecule has 3 rings (SSSR count). The Bertz CT molecular complexity index is 862. The molecule has 2 aromatic rings. The van der Waals surface area contributed by atoms with Crippen molar-refractivity contribution in [2.45, 2.75) is 38.9 Å². The monoisotopic (exact) mass is 390 g/mol. The average Bonchev–Trinajstić information content (AvgIpc) is 2.94. The fourth-order valence-electron chi connectivity index (χ4n) is 3.59. The van der Waals surface area contributed by atoms with Crippen LogP contribution < -0.4 is 0 Å². The highest BCUT2D eigenvalue weighted by Gasteiger charge is 2.28. The first-order valence-electron chi connectivity index (χ1n) is 9.28. The van der Waals surface area contributed by atoms with Gasteiger partial charge in [0.2, 0.25) is 5.91 Å². The van der Waals surface area contributed by atoms with Crippen LogP contribution in [0.3, 0.4) is 0 Å². The summed E-state index contributed by atoms with van der Waals surface area (Å²) in [5.74, 6) is 0.0608. The van der Waals surface area contributed by atoms with Crippen LogP contribution in [0.4, 0.5) is 0 Å². The molecule has 0 aliphatic carbocycles.